The fourth-order valence-electron chi connectivity index (χ4n) is 4.49. The Morgan fingerprint density at radius 3 is 2.44 bits per heavy atom. The van der Waals surface area contributed by atoms with E-state index in [9.17, 15) is 21.6 Å². The van der Waals surface area contributed by atoms with Crippen molar-refractivity contribution in [2.24, 2.45) is 7.05 Å². The summed E-state index contributed by atoms with van der Waals surface area (Å²) in [6.07, 6.45) is 0.474. The van der Waals surface area contributed by atoms with Crippen LogP contribution >= 0.6 is 11.8 Å². The highest BCUT2D eigenvalue weighted by Crippen LogP contribution is 2.44. The van der Waals surface area contributed by atoms with Gasteiger partial charge in [0.05, 0.1) is 16.3 Å². The average molecular weight is 549 g/mol. The van der Waals surface area contributed by atoms with Gasteiger partial charge in [-0.1, -0.05) is 24.6 Å². The van der Waals surface area contributed by atoms with Crippen molar-refractivity contribution in [1.29, 1.82) is 0 Å². The van der Waals surface area contributed by atoms with Gasteiger partial charge in [-0.15, -0.1) is 0 Å². The number of fused-ring (bicyclic) bond motifs is 1. The first-order chi connectivity index (χ1) is 16.9. The lowest BCUT2D eigenvalue weighted by Gasteiger charge is -2.27. The second-order valence-corrected chi connectivity index (χ2v) is 13.9. The summed E-state index contributed by atoms with van der Waals surface area (Å²) in [4.78, 5) is 14.0. The number of aryl methyl sites for hydroxylation is 3. The second kappa shape index (κ2) is 9.68. The molecule has 0 saturated heterocycles. The third-order valence-electron chi connectivity index (χ3n) is 6.29. The summed E-state index contributed by atoms with van der Waals surface area (Å²) >= 11 is 1.65. The van der Waals surface area contributed by atoms with Gasteiger partial charge in [0.15, 0.2) is 9.84 Å². The Hall–Kier alpha value is -2.63. The summed E-state index contributed by atoms with van der Waals surface area (Å²) in [5.41, 5.74) is 2.74. The summed E-state index contributed by atoms with van der Waals surface area (Å²) in [7, 11) is -6.16. The number of ketones is 1. The topological polar surface area (TPSA) is 112 Å². The minimum atomic E-state index is -4.23. The Morgan fingerprint density at radius 1 is 1.14 bits per heavy atom. The summed E-state index contributed by atoms with van der Waals surface area (Å²) in [6.45, 7) is 7.20. The predicted octanol–water partition coefficient (Wildman–Crippen LogP) is 4.32. The van der Waals surface area contributed by atoms with Crippen molar-refractivity contribution >= 4 is 37.5 Å². The molecule has 1 aliphatic heterocycles. The normalized spacial score (nSPS) is 17.0. The molecule has 2 heterocycles. The number of thioether (sulfide) groups is 1. The number of nitrogens with zero attached hydrogens (tertiary/aromatic N) is 2. The number of benzene rings is 2. The molecule has 8 nitrogen and oxygen atoms in total. The third kappa shape index (κ3) is 4.71. The van der Waals surface area contributed by atoms with Gasteiger partial charge in [-0.25, -0.2) is 13.1 Å². The van der Waals surface area contributed by atoms with Gasteiger partial charge in [-0.2, -0.15) is 25.3 Å². The highest BCUT2D eigenvalue weighted by molar-refractivity contribution is 7.99. The van der Waals surface area contributed by atoms with Crippen LogP contribution in [0.1, 0.15) is 56.9 Å². The second-order valence-electron chi connectivity index (χ2n) is 8.77. The van der Waals surface area contributed by atoms with Crippen LogP contribution in [0.5, 0.6) is 5.88 Å². The van der Waals surface area contributed by atoms with Crippen LogP contribution in [0, 0.1) is 20.8 Å². The Labute approximate surface area is 216 Å². The molecule has 192 valence electrons. The molecule has 1 aliphatic rings. The smallest absolute Gasteiger partial charge is 0.340 e. The molecule has 0 radical (unpaired) electrons. The van der Waals surface area contributed by atoms with Gasteiger partial charge in [-0.05, 0) is 68.3 Å². The average Bonchev–Trinajstić information content (AvgIpc) is 3.08. The molecule has 1 unspecified atom stereocenters. The first-order valence-corrected chi connectivity index (χ1v) is 15.6. The number of carbonyl (C=O) groups is 1. The molecular weight excluding hydrogens is 520 g/mol. The molecule has 11 heteroatoms. The van der Waals surface area contributed by atoms with E-state index in [0.29, 0.717) is 28.8 Å². The lowest BCUT2D eigenvalue weighted by molar-refractivity contribution is 0.103. The quantitative estimate of drug-likeness (QED) is 0.317. The van der Waals surface area contributed by atoms with Crippen molar-refractivity contribution in [2.45, 2.75) is 49.2 Å². The summed E-state index contributed by atoms with van der Waals surface area (Å²) in [5.74, 6) is 0.208. The number of aromatic nitrogens is 2. The minimum Gasteiger partial charge on any atom is -0.358 e. The summed E-state index contributed by atoms with van der Waals surface area (Å²) < 4.78 is 58.2. The van der Waals surface area contributed by atoms with Gasteiger partial charge in [0.2, 0.25) is 11.7 Å². The first-order valence-electron chi connectivity index (χ1n) is 11.4. The zero-order valence-corrected chi connectivity index (χ0v) is 23.2. The van der Waals surface area contributed by atoms with Crippen LogP contribution in [0.2, 0.25) is 0 Å². The van der Waals surface area contributed by atoms with Crippen molar-refractivity contribution in [2.75, 3.05) is 11.5 Å². The number of rotatable bonds is 7. The highest BCUT2D eigenvalue weighted by Gasteiger charge is 2.35. The zero-order valence-electron chi connectivity index (χ0n) is 20.7. The Bertz CT molecular complexity index is 1560. The molecule has 36 heavy (non-hydrogen) atoms. The van der Waals surface area contributed by atoms with E-state index in [2.05, 4.69) is 5.10 Å². The molecule has 0 N–H and O–H groups in total. The Balaban J connectivity index is 1.81. The molecule has 1 atom stereocenters. The number of hydrogen-bond acceptors (Lipinski definition) is 8. The van der Waals surface area contributed by atoms with E-state index in [-0.39, 0.29) is 32.2 Å². The highest BCUT2D eigenvalue weighted by atomic mass is 32.2. The fraction of sp³-hybridized carbons (Fsp3) is 0.360. The van der Waals surface area contributed by atoms with Crippen molar-refractivity contribution in [3.63, 3.8) is 0 Å². The number of sulfone groups is 1. The van der Waals surface area contributed by atoms with E-state index in [0.717, 1.165) is 11.3 Å². The molecule has 2 aromatic carbocycles. The summed E-state index contributed by atoms with van der Waals surface area (Å²) in [6, 6.07) is 9.18. The van der Waals surface area contributed by atoms with Crippen LogP contribution in [0.25, 0.3) is 0 Å². The molecule has 3 aromatic rings. The molecular formula is C25H28N2O6S3. The standard InChI is InChI=1S/C25H28N2O6S3/c1-6-34-20-13-14-35(29,30)21-12-11-19(16(3)22(20)21)24(28)23-17(4)26-27(5)25(23)33-36(31,32)18-9-7-15(2)8-10-18/h7-12,20H,6,13-14H2,1-5H3. The first kappa shape index (κ1) is 26.4. The van der Waals surface area contributed by atoms with E-state index in [1.807, 2.05) is 13.8 Å². The molecule has 1 aromatic heterocycles. The SMILES string of the molecule is CCSC1CCS(=O)(=O)c2ccc(C(=O)c3c(C)nn(C)c3OS(=O)(=O)c3ccc(C)cc3)c(C)c21. The third-order valence-corrected chi connectivity index (χ3v) is 10.5. The van der Waals surface area contributed by atoms with Crippen molar-refractivity contribution < 1.29 is 25.8 Å². The lowest BCUT2D eigenvalue weighted by Crippen LogP contribution is -2.22. The van der Waals surface area contributed by atoms with Gasteiger partial charge in [0.1, 0.15) is 10.5 Å². The maximum absolute atomic E-state index is 13.8. The van der Waals surface area contributed by atoms with Crippen molar-refractivity contribution in [3.8, 4) is 5.88 Å². The van der Waals surface area contributed by atoms with Crippen LogP contribution in [0.4, 0.5) is 0 Å². The molecule has 4 rings (SSSR count). The van der Waals surface area contributed by atoms with Gasteiger partial charge in [0, 0.05) is 17.9 Å². The Kier molecular flexibility index (Phi) is 7.11. The van der Waals surface area contributed by atoms with Crippen molar-refractivity contribution in [3.05, 3.63) is 69.9 Å². The van der Waals surface area contributed by atoms with Gasteiger partial charge in [-0.3, -0.25) is 4.79 Å². The maximum Gasteiger partial charge on any atom is 0.340 e. The fourth-order valence-corrected chi connectivity index (χ4v) is 8.51. The minimum absolute atomic E-state index is 0.0228. The van der Waals surface area contributed by atoms with E-state index >= 15 is 0 Å². The summed E-state index contributed by atoms with van der Waals surface area (Å²) in [5, 5.41) is 4.19. The number of hydrogen-bond donors (Lipinski definition) is 0. The van der Waals surface area contributed by atoms with Crippen molar-refractivity contribution in [1.82, 2.24) is 9.78 Å². The van der Waals surface area contributed by atoms with Crippen LogP contribution < -0.4 is 4.18 Å². The number of carbonyl (C=O) groups excluding carboxylic acids is 1. The van der Waals surface area contributed by atoms with Crippen LogP contribution in [0.15, 0.2) is 46.2 Å². The van der Waals surface area contributed by atoms with Crippen LogP contribution in [-0.4, -0.2) is 43.9 Å². The molecule has 0 spiro atoms. The zero-order chi connectivity index (χ0) is 26.4. The van der Waals surface area contributed by atoms with Gasteiger partial charge in [0.25, 0.3) is 0 Å². The van der Waals surface area contributed by atoms with E-state index in [4.69, 9.17) is 4.18 Å². The molecule has 0 fully saturated rings. The largest absolute Gasteiger partial charge is 0.358 e. The maximum atomic E-state index is 13.8. The van der Waals surface area contributed by atoms with E-state index < -0.39 is 25.7 Å². The predicted molar refractivity (Wildman–Crippen MR) is 139 cm³/mol. The van der Waals surface area contributed by atoms with Crippen LogP contribution in [0.3, 0.4) is 0 Å². The molecule has 0 saturated carbocycles. The van der Waals surface area contributed by atoms with Gasteiger partial charge < -0.3 is 4.18 Å². The monoisotopic (exact) mass is 548 g/mol. The Morgan fingerprint density at radius 2 is 1.81 bits per heavy atom. The van der Waals surface area contributed by atoms with Crippen LogP contribution in [-0.2, 0) is 27.0 Å². The molecule has 0 amide bonds. The molecule has 0 aliphatic carbocycles. The lowest BCUT2D eigenvalue weighted by atomic mass is 9.93. The van der Waals surface area contributed by atoms with E-state index in [1.54, 1.807) is 37.7 Å². The van der Waals surface area contributed by atoms with E-state index in [1.165, 1.54) is 36.0 Å². The molecule has 0 bridgehead atoms. The van der Waals surface area contributed by atoms with Gasteiger partial charge >= 0.3 is 10.1 Å².